The van der Waals surface area contributed by atoms with Crippen LogP contribution in [0.2, 0.25) is 5.02 Å². The highest BCUT2D eigenvalue weighted by molar-refractivity contribution is 6.32. The largest absolute Gasteiger partial charge is 0.317 e. The van der Waals surface area contributed by atoms with Crippen LogP contribution in [-0.4, -0.2) is 35.3 Å². The van der Waals surface area contributed by atoms with Gasteiger partial charge in [0, 0.05) is 29.6 Å². The van der Waals surface area contributed by atoms with Crippen LogP contribution in [0.15, 0.2) is 36.7 Å². The van der Waals surface area contributed by atoms with Crippen molar-refractivity contribution in [1.29, 1.82) is 0 Å². The van der Waals surface area contributed by atoms with Crippen LogP contribution in [-0.2, 0) is 16.8 Å². The molecule has 7 heteroatoms. The van der Waals surface area contributed by atoms with Crippen molar-refractivity contribution in [2.24, 2.45) is 0 Å². The van der Waals surface area contributed by atoms with Crippen molar-refractivity contribution in [3.05, 3.63) is 47.2 Å². The standard InChI is InChI=1S/C17H19ClN4O.ClH/c18-14-3-1-4-15-13(14)5-12-21(15)16(23)17(6-9-19-10-7-17)22-11-2-8-20-22;/h1-4,8,11,19H,5-7,9-10,12H2;1H. The predicted octanol–water partition coefficient (Wildman–Crippen LogP) is 2.63. The zero-order chi connectivity index (χ0) is 15.9. The van der Waals surface area contributed by atoms with Crippen LogP contribution in [0.3, 0.4) is 0 Å². The first-order chi connectivity index (χ1) is 11.2. The highest BCUT2D eigenvalue weighted by Gasteiger charge is 2.46. The molecular formula is C17H20Cl2N4O. The molecule has 5 nitrogen and oxygen atoms in total. The topological polar surface area (TPSA) is 50.2 Å². The van der Waals surface area contributed by atoms with Gasteiger partial charge in [-0.1, -0.05) is 17.7 Å². The van der Waals surface area contributed by atoms with Crippen molar-refractivity contribution in [1.82, 2.24) is 15.1 Å². The molecule has 2 aliphatic heterocycles. The van der Waals surface area contributed by atoms with Gasteiger partial charge < -0.3 is 10.2 Å². The van der Waals surface area contributed by atoms with Crippen molar-refractivity contribution in [2.75, 3.05) is 24.5 Å². The Bertz CT molecular complexity index is 726. The molecule has 0 saturated carbocycles. The molecule has 1 N–H and O–H groups in total. The van der Waals surface area contributed by atoms with E-state index in [0.29, 0.717) is 6.54 Å². The van der Waals surface area contributed by atoms with Crippen LogP contribution in [0.1, 0.15) is 18.4 Å². The molecule has 0 radical (unpaired) electrons. The molecule has 0 aliphatic carbocycles. The van der Waals surface area contributed by atoms with Gasteiger partial charge in [0.15, 0.2) is 0 Å². The molecule has 24 heavy (non-hydrogen) atoms. The van der Waals surface area contributed by atoms with Crippen molar-refractivity contribution in [2.45, 2.75) is 24.8 Å². The highest BCUT2D eigenvalue weighted by atomic mass is 35.5. The van der Waals surface area contributed by atoms with Gasteiger partial charge in [-0.05, 0) is 56.1 Å². The molecule has 0 spiro atoms. The number of nitrogens with zero attached hydrogens (tertiary/aromatic N) is 3. The zero-order valence-corrected chi connectivity index (χ0v) is 14.8. The maximum Gasteiger partial charge on any atom is 0.255 e. The average Bonchev–Trinajstić information content (AvgIpc) is 3.25. The Morgan fingerprint density at radius 2 is 2.04 bits per heavy atom. The molecule has 128 valence electrons. The maximum atomic E-state index is 13.5. The van der Waals surface area contributed by atoms with E-state index in [9.17, 15) is 4.79 Å². The second-order valence-corrected chi connectivity index (χ2v) is 6.58. The van der Waals surface area contributed by atoms with E-state index in [1.807, 2.05) is 40.0 Å². The minimum Gasteiger partial charge on any atom is -0.317 e. The number of halogens is 2. The van der Waals surface area contributed by atoms with Crippen molar-refractivity contribution in [3.63, 3.8) is 0 Å². The Kier molecular flexibility index (Phi) is 4.85. The average molecular weight is 367 g/mol. The fraction of sp³-hybridized carbons (Fsp3) is 0.412. The van der Waals surface area contributed by atoms with Crippen molar-refractivity contribution >= 4 is 35.6 Å². The number of carbonyl (C=O) groups excluding carboxylic acids is 1. The lowest BCUT2D eigenvalue weighted by molar-refractivity contribution is -0.129. The summed E-state index contributed by atoms with van der Waals surface area (Å²) in [5.74, 6) is 0.128. The lowest BCUT2D eigenvalue weighted by Gasteiger charge is -2.39. The Morgan fingerprint density at radius 1 is 1.25 bits per heavy atom. The van der Waals surface area contributed by atoms with Gasteiger partial charge >= 0.3 is 0 Å². The fourth-order valence-electron chi connectivity index (χ4n) is 3.76. The van der Waals surface area contributed by atoms with Gasteiger partial charge in [0.2, 0.25) is 0 Å². The second-order valence-electron chi connectivity index (χ2n) is 6.18. The van der Waals surface area contributed by atoms with Gasteiger partial charge in [0.25, 0.3) is 5.91 Å². The first-order valence-corrected chi connectivity index (χ1v) is 8.40. The van der Waals surface area contributed by atoms with Crippen LogP contribution in [0.25, 0.3) is 0 Å². The van der Waals surface area contributed by atoms with Crippen LogP contribution in [0.5, 0.6) is 0 Å². The number of hydrogen-bond donors (Lipinski definition) is 1. The quantitative estimate of drug-likeness (QED) is 0.888. The summed E-state index contributed by atoms with van der Waals surface area (Å²) in [6.07, 6.45) is 5.96. The maximum absolute atomic E-state index is 13.5. The fourth-order valence-corrected chi connectivity index (χ4v) is 4.02. The number of piperidine rings is 1. The van der Waals surface area contributed by atoms with Crippen LogP contribution in [0, 0.1) is 0 Å². The minimum atomic E-state index is -0.599. The van der Waals surface area contributed by atoms with Gasteiger partial charge in [-0.2, -0.15) is 5.10 Å². The van der Waals surface area contributed by atoms with Gasteiger partial charge in [0.1, 0.15) is 5.54 Å². The van der Waals surface area contributed by atoms with Gasteiger partial charge in [0.05, 0.1) is 0 Å². The molecule has 1 amide bonds. The third-order valence-corrected chi connectivity index (χ3v) is 5.34. The normalized spacial score (nSPS) is 18.8. The summed E-state index contributed by atoms with van der Waals surface area (Å²) in [4.78, 5) is 15.4. The number of amides is 1. The number of rotatable bonds is 2. The zero-order valence-electron chi connectivity index (χ0n) is 13.2. The van der Waals surface area contributed by atoms with Crippen LogP contribution >= 0.6 is 24.0 Å². The third-order valence-electron chi connectivity index (χ3n) is 4.99. The van der Waals surface area contributed by atoms with E-state index in [0.717, 1.165) is 48.6 Å². The number of anilines is 1. The number of fused-ring (bicyclic) bond motifs is 1. The van der Waals surface area contributed by atoms with Gasteiger partial charge in [-0.3, -0.25) is 9.48 Å². The molecule has 0 atom stereocenters. The summed E-state index contributed by atoms with van der Waals surface area (Å²) in [6, 6.07) is 7.67. The van der Waals surface area contributed by atoms with Crippen molar-refractivity contribution in [3.8, 4) is 0 Å². The van der Waals surface area contributed by atoms with E-state index in [-0.39, 0.29) is 18.3 Å². The first kappa shape index (κ1) is 17.3. The molecule has 3 heterocycles. The molecule has 1 aromatic heterocycles. The number of carbonyl (C=O) groups is 1. The summed E-state index contributed by atoms with van der Waals surface area (Å²) in [7, 11) is 0. The van der Waals surface area contributed by atoms with Gasteiger partial charge in [-0.25, -0.2) is 0 Å². The Hall–Kier alpha value is -1.56. The second kappa shape index (κ2) is 6.75. The summed E-state index contributed by atoms with van der Waals surface area (Å²) in [5.41, 5.74) is 1.43. The monoisotopic (exact) mass is 366 g/mol. The molecule has 0 bridgehead atoms. The summed E-state index contributed by atoms with van der Waals surface area (Å²) >= 11 is 6.29. The molecule has 4 rings (SSSR count). The van der Waals surface area contributed by atoms with Crippen LogP contribution < -0.4 is 10.2 Å². The Morgan fingerprint density at radius 3 is 2.75 bits per heavy atom. The Labute approximate surface area is 152 Å². The van der Waals surface area contributed by atoms with E-state index in [1.165, 1.54) is 0 Å². The highest BCUT2D eigenvalue weighted by Crippen LogP contribution is 2.38. The molecule has 2 aliphatic rings. The molecule has 0 unspecified atom stereocenters. The molecule has 2 aromatic rings. The van der Waals surface area contributed by atoms with E-state index in [4.69, 9.17) is 11.6 Å². The smallest absolute Gasteiger partial charge is 0.255 e. The number of hydrogen-bond acceptors (Lipinski definition) is 3. The Balaban J connectivity index is 0.00000169. The third kappa shape index (κ3) is 2.61. The van der Waals surface area contributed by atoms with Crippen molar-refractivity contribution < 1.29 is 4.79 Å². The van der Waals surface area contributed by atoms with Crippen LogP contribution in [0.4, 0.5) is 5.69 Å². The first-order valence-electron chi connectivity index (χ1n) is 8.03. The SMILES string of the molecule is Cl.O=C(N1CCc2c(Cl)cccc21)C1(n2cccn2)CCNCC1. The number of nitrogens with one attached hydrogen (secondary N) is 1. The molecule has 1 saturated heterocycles. The van der Waals surface area contributed by atoms with E-state index >= 15 is 0 Å². The number of aromatic nitrogens is 2. The summed E-state index contributed by atoms with van der Waals surface area (Å²) in [6.45, 7) is 2.33. The van der Waals surface area contributed by atoms with E-state index in [1.54, 1.807) is 6.20 Å². The summed E-state index contributed by atoms with van der Waals surface area (Å²) < 4.78 is 1.85. The van der Waals surface area contributed by atoms with Gasteiger partial charge in [-0.15, -0.1) is 12.4 Å². The molecule has 1 aromatic carbocycles. The molecular weight excluding hydrogens is 347 g/mol. The minimum absolute atomic E-state index is 0. The lowest BCUT2D eigenvalue weighted by Crippen LogP contribution is -2.55. The predicted molar refractivity (Wildman–Crippen MR) is 97.1 cm³/mol. The van der Waals surface area contributed by atoms with E-state index < -0.39 is 5.54 Å². The van der Waals surface area contributed by atoms with E-state index in [2.05, 4.69) is 10.4 Å². The summed E-state index contributed by atoms with van der Waals surface area (Å²) in [5, 5.41) is 8.48. The number of benzene rings is 1. The lowest BCUT2D eigenvalue weighted by atomic mass is 9.86. The molecule has 1 fully saturated rings.